The van der Waals surface area contributed by atoms with Gasteiger partial charge in [0, 0.05) is 11.4 Å². The number of hydrogen-bond donors (Lipinski definition) is 2. The quantitative estimate of drug-likeness (QED) is 0.852. The van der Waals surface area contributed by atoms with Crippen LogP contribution in [0.3, 0.4) is 0 Å². The van der Waals surface area contributed by atoms with Crippen LogP contribution in [0.15, 0.2) is 0 Å². The zero-order chi connectivity index (χ0) is 11.6. The van der Waals surface area contributed by atoms with E-state index in [1.54, 1.807) is 11.3 Å². The van der Waals surface area contributed by atoms with Crippen LogP contribution >= 0.6 is 11.3 Å². The summed E-state index contributed by atoms with van der Waals surface area (Å²) in [5, 5.41) is 4.63. The average Bonchev–Trinajstić information content (AvgIpc) is 2.59. The molecule has 1 aromatic rings. The largest absolute Gasteiger partial charge is 0.355 e. The highest BCUT2D eigenvalue weighted by molar-refractivity contribution is 7.15. The van der Waals surface area contributed by atoms with Crippen molar-refractivity contribution in [2.24, 2.45) is 5.73 Å². The van der Waals surface area contributed by atoms with E-state index in [-0.39, 0.29) is 5.54 Å². The molecule has 0 aliphatic heterocycles. The summed E-state index contributed by atoms with van der Waals surface area (Å²) >= 11 is 1.74. The molecule has 2 rings (SSSR count). The van der Waals surface area contributed by atoms with Crippen molar-refractivity contribution in [2.45, 2.75) is 51.5 Å². The van der Waals surface area contributed by atoms with Gasteiger partial charge in [-0.15, -0.1) is 11.3 Å². The predicted octanol–water partition coefficient (Wildman–Crippen LogP) is 2.83. The number of rotatable bonds is 3. The average molecular weight is 239 g/mol. The summed E-state index contributed by atoms with van der Waals surface area (Å²) in [4.78, 5) is 5.85. The zero-order valence-corrected chi connectivity index (χ0v) is 11.0. The second kappa shape index (κ2) is 4.72. The van der Waals surface area contributed by atoms with Crippen LogP contribution in [0.4, 0.5) is 5.13 Å². The Morgan fingerprint density at radius 2 is 2.00 bits per heavy atom. The maximum Gasteiger partial charge on any atom is 0.183 e. The molecule has 1 saturated carbocycles. The maximum atomic E-state index is 5.95. The Labute approximate surface area is 101 Å². The monoisotopic (exact) mass is 239 g/mol. The third-order valence-electron chi connectivity index (χ3n) is 3.60. The van der Waals surface area contributed by atoms with E-state index in [1.165, 1.54) is 37.0 Å². The number of hydrogen-bond acceptors (Lipinski definition) is 4. The molecule has 1 heterocycles. The molecule has 0 spiro atoms. The van der Waals surface area contributed by atoms with Crippen LogP contribution in [0.1, 0.15) is 42.7 Å². The van der Waals surface area contributed by atoms with Gasteiger partial charge < -0.3 is 11.1 Å². The van der Waals surface area contributed by atoms with Gasteiger partial charge in [-0.25, -0.2) is 4.98 Å². The lowest BCUT2D eigenvalue weighted by molar-refractivity contribution is 0.331. The molecule has 1 fully saturated rings. The number of thiazole rings is 1. The van der Waals surface area contributed by atoms with Crippen molar-refractivity contribution in [1.29, 1.82) is 0 Å². The van der Waals surface area contributed by atoms with Crippen LogP contribution in [-0.2, 0) is 0 Å². The molecule has 1 aliphatic carbocycles. The Hall–Kier alpha value is -0.610. The van der Waals surface area contributed by atoms with Gasteiger partial charge in [0.05, 0.1) is 11.2 Å². The zero-order valence-electron chi connectivity index (χ0n) is 10.2. The Kier molecular flexibility index (Phi) is 3.50. The van der Waals surface area contributed by atoms with E-state index in [0.29, 0.717) is 6.54 Å². The van der Waals surface area contributed by atoms with E-state index in [1.807, 2.05) is 0 Å². The molecular formula is C12H21N3S. The molecule has 3 N–H and O–H groups in total. The highest BCUT2D eigenvalue weighted by atomic mass is 32.1. The molecule has 0 unspecified atom stereocenters. The van der Waals surface area contributed by atoms with Crippen molar-refractivity contribution in [3.8, 4) is 0 Å². The van der Waals surface area contributed by atoms with Crippen LogP contribution in [0.5, 0.6) is 0 Å². The highest BCUT2D eigenvalue weighted by Crippen LogP contribution is 2.32. The summed E-state index contributed by atoms with van der Waals surface area (Å²) in [5.41, 5.74) is 7.19. The van der Waals surface area contributed by atoms with Gasteiger partial charge in [-0.3, -0.25) is 0 Å². The van der Waals surface area contributed by atoms with Gasteiger partial charge in [-0.1, -0.05) is 19.3 Å². The minimum Gasteiger partial charge on any atom is -0.355 e. The fourth-order valence-electron chi connectivity index (χ4n) is 2.36. The lowest BCUT2D eigenvalue weighted by atomic mass is 9.82. The summed E-state index contributed by atoms with van der Waals surface area (Å²) < 4.78 is 0. The molecule has 0 atom stereocenters. The molecule has 0 amide bonds. The molecule has 90 valence electrons. The van der Waals surface area contributed by atoms with E-state index in [4.69, 9.17) is 5.73 Å². The van der Waals surface area contributed by atoms with Crippen molar-refractivity contribution in [2.75, 3.05) is 11.9 Å². The fraction of sp³-hybridized carbons (Fsp3) is 0.750. The molecule has 0 aromatic carbocycles. The molecule has 4 heteroatoms. The van der Waals surface area contributed by atoms with E-state index < -0.39 is 0 Å². The molecule has 0 bridgehead atoms. The molecule has 16 heavy (non-hydrogen) atoms. The van der Waals surface area contributed by atoms with Crippen molar-refractivity contribution >= 4 is 16.5 Å². The second-order valence-electron chi connectivity index (χ2n) is 4.83. The lowest BCUT2D eigenvalue weighted by Crippen LogP contribution is -2.46. The molecule has 0 radical (unpaired) electrons. The van der Waals surface area contributed by atoms with E-state index in [9.17, 15) is 0 Å². The van der Waals surface area contributed by atoms with Crippen molar-refractivity contribution in [3.63, 3.8) is 0 Å². The van der Waals surface area contributed by atoms with E-state index >= 15 is 0 Å². The first-order valence-corrected chi connectivity index (χ1v) is 6.89. The van der Waals surface area contributed by atoms with Gasteiger partial charge >= 0.3 is 0 Å². The molecule has 1 aliphatic rings. The molecule has 1 aromatic heterocycles. The number of anilines is 1. The highest BCUT2D eigenvalue weighted by Gasteiger charge is 2.31. The SMILES string of the molecule is Cc1nc(NC2(CN)CCCCC2)sc1C. The Bertz CT molecular complexity index is 334. The van der Waals surface area contributed by atoms with Crippen molar-refractivity contribution in [1.82, 2.24) is 4.98 Å². The number of aryl methyl sites for hydroxylation is 2. The second-order valence-corrected chi connectivity index (χ2v) is 6.03. The Morgan fingerprint density at radius 3 is 2.50 bits per heavy atom. The molecule has 0 saturated heterocycles. The third kappa shape index (κ3) is 2.38. The van der Waals surface area contributed by atoms with Crippen LogP contribution < -0.4 is 11.1 Å². The fourth-order valence-corrected chi connectivity index (χ4v) is 3.30. The third-order valence-corrected chi connectivity index (χ3v) is 4.59. The summed E-state index contributed by atoms with van der Waals surface area (Å²) in [6.07, 6.45) is 6.28. The maximum absolute atomic E-state index is 5.95. The number of nitrogens with one attached hydrogen (secondary N) is 1. The lowest BCUT2D eigenvalue weighted by Gasteiger charge is -2.37. The van der Waals surface area contributed by atoms with Gasteiger partial charge in [0.1, 0.15) is 0 Å². The summed E-state index contributed by atoms with van der Waals surface area (Å²) in [6, 6.07) is 0. The van der Waals surface area contributed by atoms with Gasteiger partial charge in [-0.2, -0.15) is 0 Å². The summed E-state index contributed by atoms with van der Waals surface area (Å²) in [7, 11) is 0. The summed E-state index contributed by atoms with van der Waals surface area (Å²) in [6.45, 7) is 4.89. The van der Waals surface area contributed by atoms with Crippen molar-refractivity contribution < 1.29 is 0 Å². The van der Waals surface area contributed by atoms with Gasteiger partial charge in [0.25, 0.3) is 0 Å². The minimum absolute atomic E-state index is 0.106. The molecular weight excluding hydrogens is 218 g/mol. The van der Waals surface area contributed by atoms with Crippen LogP contribution in [-0.4, -0.2) is 17.1 Å². The first-order chi connectivity index (χ1) is 7.65. The Balaban J connectivity index is 2.11. The number of nitrogens with two attached hydrogens (primary N) is 1. The minimum atomic E-state index is 0.106. The Morgan fingerprint density at radius 1 is 1.31 bits per heavy atom. The van der Waals surface area contributed by atoms with E-state index in [0.717, 1.165) is 10.8 Å². The standard InChI is InChI=1S/C12H21N3S/c1-9-10(2)16-11(14-9)15-12(8-13)6-4-3-5-7-12/h3-8,13H2,1-2H3,(H,14,15). The first-order valence-electron chi connectivity index (χ1n) is 6.07. The number of aromatic nitrogens is 1. The first kappa shape index (κ1) is 11.9. The van der Waals surface area contributed by atoms with Gasteiger partial charge in [0.15, 0.2) is 5.13 Å². The van der Waals surface area contributed by atoms with Gasteiger partial charge in [0.2, 0.25) is 0 Å². The normalized spacial score (nSPS) is 19.7. The smallest absolute Gasteiger partial charge is 0.183 e. The van der Waals surface area contributed by atoms with Crippen LogP contribution in [0.2, 0.25) is 0 Å². The molecule has 3 nitrogen and oxygen atoms in total. The van der Waals surface area contributed by atoms with Crippen molar-refractivity contribution in [3.05, 3.63) is 10.6 Å². The van der Waals surface area contributed by atoms with Gasteiger partial charge in [-0.05, 0) is 26.7 Å². The summed E-state index contributed by atoms with van der Waals surface area (Å²) in [5.74, 6) is 0. The predicted molar refractivity (Wildman–Crippen MR) is 70.1 cm³/mol. The topological polar surface area (TPSA) is 50.9 Å². The number of nitrogens with zero attached hydrogens (tertiary/aromatic N) is 1. The van der Waals surface area contributed by atoms with E-state index in [2.05, 4.69) is 24.1 Å². The van der Waals surface area contributed by atoms with Crippen LogP contribution in [0, 0.1) is 13.8 Å². The van der Waals surface area contributed by atoms with Crippen LogP contribution in [0.25, 0.3) is 0 Å².